The molecule has 1 aliphatic heterocycles. The molecule has 0 amide bonds. The summed E-state index contributed by atoms with van der Waals surface area (Å²) in [5, 5.41) is 2.40. The summed E-state index contributed by atoms with van der Waals surface area (Å²) in [6, 6.07) is 17.7. The van der Waals surface area contributed by atoms with E-state index in [0.717, 1.165) is 13.0 Å². The fourth-order valence-electron chi connectivity index (χ4n) is 2.57. The Balaban J connectivity index is 0.00000120. The van der Waals surface area contributed by atoms with Crippen molar-refractivity contribution < 1.29 is 17.7 Å². The van der Waals surface area contributed by atoms with E-state index < -0.39 is 0 Å². The molecule has 0 atom stereocenters. The lowest BCUT2D eigenvalue weighted by Gasteiger charge is -2.15. The highest BCUT2D eigenvalue weighted by atomic mass is 35.5. The molecule has 0 fully saturated rings. The summed E-state index contributed by atoms with van der Waals surface area (Å²) in [6.07, 6.45) is 2.27. The molecular weight excluding hydrogens is 242 g/mol. The molecule has 0 unspecified atom stereocenters. The van der Waals surface area contributed by atoms with Crippen molar-refractivity contribution in [3.8, 4) is 0 Å². The van der Waals surface area contributed by atoms with Crippen molar-refractivity contribution in [2.45, 2.75) is 19.4 Å². The summed E-state index contributed by atoms with van der Waals surface area (Å²) in [5.74, 6) is 0. The Morgan fingerprint density at radius 1 is 0.889 bits per heavy atom. The first-order valence-corrected chi connectivity index (χ1v) is 6.38. The second kappa shape index (κ2) is 6.03. The minimum absolute atomic E-state index is 0. The SMILES string of the molecule is [Cl-].c1ccc(Cc2ccc3c(c2)C[NH2+]CC3)cc1. The number of fused-ring (bicyclic) bond motifs is 1. The Hall–Kier alpha value is -1.31. The van der Waals surface area contributed by atoms with Crippen LogP contribution in [0.25, 0.3) is 0 Å². The number of benzene rings is 2. The van der Waals surface area contributed by atoms with Crippen molar-refractivity contribution in [1.82, 2.24) is 0 Å². The van der Waals surface area contributed by atoms with Gasteiger partial charge in [-0.3, -0.25) is 0 Å². The highest BCUT2D eigenvalue weighted by Crippen LogP contribution is 2.16. The summed E-state index contributed by atoms with van der Waals surface area (Å²) < 4.78 is 0. The van der Waals surface area contributed by atoms with Gasteiger partial charge in [-0.1, -0.05) is 42.5 Å². The van der Waals surface area contributed by atoms with Crippen LogP contribution in [0, 0.1) is 0 Å². The predicted molar refractivity (Wildman–Crippen MR) is 69.9 cm³/mol. The molecule has 0 aliphatic carbocycles. The van der Waals surface area contributed by atoms with Gasteiger partial charge in [-0.25, -0.2) is 0 Å². The topological polar surface area (TPSA) is 16.6 Å². The van der Waals surface area contributed by atoms with Crippen molar-refractivity contribution in [3.05, 3.63) is 70.8 Å². The van der Waals surface area contributed by atoms with E-state index in [-0.39, 0.29) is 12.4 Å². The van der Waals surface area contributed by atoms with Crippen LogP contribution >= 0.6 is 0 Å². The molecule has 0 aromatic heterocycles. The van der Waals surface area contributed by atoms with Crippen LogP contribution in [0.3, 0.4) is 0 Å². The largest absolute Gasteiger partial charge is 1.00 e. The minimum Gasteiger partial charge on any atom is -1.00 e. The van der Waals surface area contributed by atoms with E-state index in [2.05, 4.69) is 53.8 Å². The molecule has 0 bridgehead atoms. The molecule has 1 nitrogen and oxygen atoms in total. The van der Waals surface area contributed by atoms with Gasteiger partial charge in [-0.15, -0.1) is 0 Å². The number of hydrogen-bond acceptors (Lipinski definition) is 0. The smallest absolute Gasteiger partial charge is 0.102 e. The Labute approximate surface area is 115 Å². The first-order valence-electron chi connectivity index (χ1n) is 6.38. The molecule has 2 aromatic rings. The predicted octanol–water partition coefficient (Wildman–Crippen LogP) is -1.10. The highest BCUT2D eigenvalue weighted by molar-refractivity contribution is 5.35. The van der Waals surface area contributed by atoms with Gasteiger partial charge in [0.2, 0.25) is 0 Å². The highest BCUT2D eigenvalue weighted by Gasteiger charge is 2.11. The second-order valence-corrected chi connectivity index (χ2v) is 4.80. The van der Waals surface area contributed by atoms with Crippen molar-refractivity contribution >= 4 is 0 Å². The fraction of sp³-hybridized carbons (Fsp3) is 0.250. The van der Waals surface area contributed by atoms with E-state index in [9.17, 15) is 0 Å². The van der Waals surface area contributed by atoms with E-state index in [4.69, 9.17) is 0 Å². The first kappa shape index (κ1) is 13.1. The van der Waals surface area contributed by atoms with Crippen LogP contribution in [0.4, 0.5) is 0 Å². The molecule has 18 heavy (non-hydrogen) atoms. The van der Waals surface area contributed by atoms with Gasteiger partial charge in [-0.05, 0) is 29.2 Å². The third-order valence-corrected chi connectivity index (χ3v) is 3.50. The Morgan fingerprint density at radius 2 is 1.72 bits per heavy atom. The lowest BCUT2D eigenvalue weighted by molar-refractivity contribution is -0.673. The van der Waals surface area contributed by atoms with Crippen molar-refractivity contribution in [2.24, 2.45) is 0 Å². The molecule has 94 valence electrons. The van der Waals surface area contributed by atoms with E-state index in [1.54, 1.807) is 5.56 Å². The van der Waals surface area contributed by atoms with Crippen LogP contribution in [-0.4, -0.2) is 6.54 Å². The molecule has 1 heterocycles. The lowest BCUT2D eigenvalue weighted by atomic mass is 9.96. The van der Waals surface area contributed by atoms with Gasteiger partial charge in [0.15, 0.2) is 0 Å². The van der Waals surface area contributed by atoms with E-state index >= 15 is 0 Å². The zero-order valence-corrected chi connectivity index (χ0v) is 11.2. The summed E-state index contributed by atoms with van der Waals surface area (Å²) in [6.45, 7) is 2.39. The van der Waals surface area contributed by atoms with Gasteiger partial charge < -0.3 is 17.7 Å². The Kier molecular flexibility index (Phi) is 4.40. The summed E-state index contributed by atoms with van der Waals surface area (Å²) in [4.78, 5) is 0. The normalized spacial score (nSPS) is 13.6. The molecule has 1 aliphatic rings. The van der Waals surface area contributed by atoms with E-state index in [1.807, 2.05) is 0 Å². The van der Waals surface area contributed by atoms with Crippen LogP contribution in [0.15, 0.2) is 48.5 Å². The second-order valence-electron chi connectivity index (χ2n) is 4.80. The molecule has 2 aromatic carbocycles. The molecule has 0 saturated heterocycles. The van der Waals surface area contributed by atoms with Crippen LogP contribution in [0.5, 0.6) is 0 Å². The zero-order valence-electron chi connectivity index (χ0n) is 10.4. The number of rotatable bonds is 2. The third kappa shape index (κ3) is 2.92. The van der Waals surface area contributed by atoms with E-state index in [1.165, 1.54) is 29.7 Å². The standard InChI is InChI=1S/C16H17N.ClH/c1-2-4-13(5-3-1)10-14-6-7-15-8-9-17-12-16(15)11-14;/h1-7,11,17H,8-10,12H2;1H. The van der Waals surface area contributed by atoms with E-state index in [0.29, 0.717) is 0 Å². The van der Waals surface area contributed by atoms with Crippen LogP contribution in [-0.2, 0) is 19.4 Å². The average molecular weight is 260 g/mol. The summed E-state index contributed by atoms with van der Waals surface area (Å²) in [5.41, 5.74) is 5.91. The van der Waals surface area contributed by atoms with Gasteiger partial charge >= 0.3 is 0 Å². The maximum atomic E-state index is 2.40. The lowest BCUT2D eigenvalue weighted by Crippen LogP contribution is -3.00. The van der Waals surface area contributed by atoms with Gasteiger partial charge in [0, 0.05) is 12.0 Å². The summed E-state index contributed by atoms with van der Waals surface area (Å²) in [7, 11) is 0. The molecular formula is C16H18ClN. The monoisotopic (exact) mass is 259 g/mol. The van der Waals surface area contributed by atoms with Gasteiger partial charge in [0.1, 0.15) is 6.54 Å². The van der Waals surface area contributed by atoms with Crippen molar-refractivity contribution in [1.29, 1.82) is 0 Å². The Morgan fingerprint density at radius 3 is 2.56 bits per heavy atom. The van der Waals surface area contributed by atoms with Gasteiger partial charge in [-0.2, -0.15) is 0 Å². The fourth-order valence-corrected chi connectivity index (χ4v) is 2.57. The molecule has 2 N–H and O–H groups in total. The van der Waals surface area contributed by atoms with Crippen LogP contribution in [0.1, 0.15) is 22.3 Å². The maximum Gasteiger partial charge on any atom is 0.102 e. The minimum atomic E-state index is 0. The number of hydrogen-bond donors (Lipinski definition) is 1. The third-order valence-electron chi connectivity index (χ3n) is 3.50. The molecule has 0 saturated carbocycles. The van der Waals surface area contributed by atoms with Crippen molar-refractivity contribution in [2.75, 3.05) is 6.54 Å². The van der Waals surface area contributed by atoms with Gasteiger partial charge in [0.05, 0.1) is 6.54 Å². The maximum absolute atomic E-state index is 2.40. The number of halogens is 1. The first-order chi connectivity index (χ1) is 8.42. The summed E-state index contributed by atoms with van der Waals surface area (Å²) >= 11 is 0. The molecule has 2 heteroatoms. The number of quaternary nitrogens is 1. The quantitative estimate of drug-likeness (QED) is 0.705. The molecule has 0 radical (unpaired) electrons. The average Bonchev–Trinajstić information content (AvgIpc) is 2.40. The number of nitrogens with two attached hydrogens (primary N) is 1. The zero-order chi connectivity index (χ0) is 11.5. The van der Waals surface area contributed by atoms with Crippen LogP contribution in [0.2, 0.25) is 0 Å². The molecule has 3 rings (SSSR count). The van der Waals surface area contributed by atoms with Crippen molar-refractivity contribution in [3.63, 3.8) is 0 Å². The van der Waals surface area contributed by atoms with Gasteiger partial charge in [0.25, 0.3) is 0 Å². The molecule has 0 spiro atoms. The Bertz CT molecular complexity index is 508. The van der Waals surface area contributed by atoms with Crippen LogP contribution < -0.4 is 17.7 Å².